The Morgan fingerprint density at radius 2 is 1.55 bits per heavy atom. The molecule has 0 spiro atoms. The fourth-order valence-electron chi connectivity index (χ4n) is 8.07. The molecule has 20 nitrogen and oxygen atoms in total. The van der Waals surface area contributed by atoms with Gasteiger partial charge in [0, 0.05) is 51.8 Å². The second-order valence-electron chi connectivity index (χ2n) is 19.9. The van der Waals surface area contributed by atoms with E-state index in [0.29, 0.717) is 86.9 Å². The predicted octanol–water partition coefficient (Wildman–Crippen LogP) is 5.53. The number of aromatic nitrogens is 3. The van der Waals surface area contributed by atoms with Crippen molar-refractivity contribution in [3.63, 3.8) is 0 Å². The Morgan fingerprint density at radius 1 is 0.849 bits per heavy atom. The summed E-state index contributed by atoms with van der Waals surface area (Å²) in [5.41, 5.74) is 5.47. The highest BCUT2D eigenvalue weighted by atomic mass is 32.1. The monoisotopic (exact) mass is 1030 g/mol. The maximum atomic E-state index is 13.9. The number of carbonyl (C=O) groups excluding carboxylic acids is 4. The van der Waals surface area contributed by atoms with Crippen LogP contribution < -0.4 is 25.0 Å². The third kappa shape index (κ3) is 15.8. The van der Waals surface area contributed by atoms with Crippen molar-refractivity contribution < 1.29 is 57.1 Å². The summed E-state index contributed by atoms with van der Waals surface area (Å²) in [6.45, 7) is 17.0. The van der Waals surface area contributed by atoms with Crippen LogP contribution in [0.15, 0.2) is 70.7 Å². The van der Waals surface area contributed by atoms with Crippen LogP contribution in [0.3, 0.4) is 0 Å². The number of nitrogens with zero attached hydrogens (tertiary/aromatic N) is 6. The smallest absolute Gasteiger partial charge is 0.410 e. The van der Waals surface area contributed by atoms with Gasteiger partial charge in [-0.3, -0.25) is 19.4 Å². The molecule has 2 aliphatic heterocycles. The molecular weight excluding hydrogens is 961 g/mol. The third-order valence-corrected chi connectivity index (χ3v) is 12.9. The van der Waals surface area contributed by atoms with Gasteiger partial charge in [-0.2, -0.15) is 4.98 Å². The molecular formula is C52H68N8O12S. The Kier molecular flexibility index (Phi) is 18.6. The third-order valence-electron chi connectivity index (χ3n) is 11.9. The molecule has 3 aromatic heterocycles. The Hall–Kier alpha value is -6.39. The van der Waals surface area contributed by atoms with E-state index in [1.165, 1.54) is 4.90 Å². The molecule has 394 valence electrons. The summed E-state index contributed by atoms with van der Waals surface area (Å²) >= 11 is 1.57. The zero-order valence-corrected chi connectivity index (χ0v) is 43.5. The number of nitrogens with one attached hydrogen (secondary N) is 2. The second kappa shape index (κ2) is 25.0. The first-order valence-electron chi connectivity index (χ1n) is 24.5. The number of likely N-dealkylation sites (tertiary alicyclic amines) is 1. The van der Waals surface area contributed by atoms with Crippen LogP contribution in [0.2, 0.25) is 0 Å². The lowest BCUT2D eigenvalue weighted by atomic mass is 9.85. The number of hydrogen-bond acceptors (Lipinski definition) is 17. The van der Waals surface area contributed by atoms with E-state index in [4.69, 9.17) is 32.8 Å². The lowest BCUT2D eigenvalue weighted by molar-refractivity contribution is -0.144. The maximum Gasteiger partial charge on any atom is 0.410 e. The van der Waals surface area contributed by atoms with E-state index in [2.05, 4.69) is 25.6 Å². The summed E-state index contributed by atoms with van der Waals surface area (Å²) in [5.74, 6) is -0.108. The van der Waals surface area contributed by atoms with Gasteiger partial charge in [0.2, 0.25) is 17.7 Å². The number of rotatable bonds is 22. The molecule has 4 amide bonds. The molecule has 2 aliphatic rings. The molecule has 21 heteroatoms. The summed E-state index contributed by atoms with van der Waals surface area (Å²) in [6, 6.07) is 15.6. The topological polar surface area (TPSA) is 229 Å². The predicted molar refractivity (Wildman–Crippen MR) is 272 cm³/mol. The fraction of sp³-hybridized carbons (Fsp3) is 0.519. The van der Waals surface area contributed by atoms with Crippen molar-refractivity contribution in [2.45, 2.75) is 91.8 Å². The van der Waals surface area contributed by atoms with Crippen molar-refractivity contribution in [1.29, 1.82) is 0 Å². The number of aryl methyl sites for hydroxylation is 1. The van der Waals surface area contributed by atoms with E-state index in [9.17, 15) is 24.3 Å². The summed E-state index contributed by atoms with van der Waals surface area (Å²) < 4.78 is 40.0. The van der Waals surface area contributed by atoms with E-state index in [1.807, 2.05) is 113 Å². The molecule has 2 aromatic carbocycles. The number of aliphatic hydroxyl groups excluding tert-OH is 1. The number of hydrogen-bond donors (Lipinski definition) is 3. The number of piperazine rings is 1. The summed E-state index contributed by atoms with van der Waals surface area (Å²) in [6.07, 6.45) is 0.523. The Morgan fingerprint density at radius 3 is 2.21 bits per heavy atom. The van der Waals surface area contributed by atoms with Gasteiger partial charge >= 0.3 is 6.09 Å². The van der Waals surface area contributed by atoms with Crippen molar-refractivity contribution in [3.8, 4) is 21.9 Å². The lowest BCUT2D eigenvalue weighted by Gasteiger charge is -2.35. The largest absolute Gasteiger partial charge is 0.490 e. The molecule has 0 aliphatic carbocycles. The number of ether oxygens (including phenoxy) is 6. The molecule has 2 saturated heterocycles. The first-order chi connectivity index (χ1) is 34.9. The number of fused-ring (bicyclic) bond motifs is 1. The van der Waals surface area contributed by atoms with Gasteiger partial charge in [0.15, 0.2) is 5.58 Å². The SMILES string of the molecule is Cc1ncsc1-c1ccc(CNC(=O)[C@@H]2C[C@@H](O)CN2C(=O)C(NC(=O)COCCOCCOCCOc2ccc(COc3ccc4oc(N5CCN(C(=O)OC(C)(C)C)CC5)nc4c3)nc2)C(C)(C)C)cc1. The van der Waals surface area contributed by atoms with Gasteiger partial charge in [-0.25, -0.2) is 9.78 Å². The minimum absolute atomic E-state index is 0.0223. The zero-order valence-electron chi connectivity index (χ0n) is 42.7. The average Bonchev–Trinajstić information content (AvgIpc) is 4.11. The van der Waals surface area contributed by atoms with Gasteiger partial charge in [0.05, 0.1) is 67.1 Å². The van der Waals surface area contributed by atoms with Crippen LogP contribution in [0.1, 0.15) is 64.9 Å². The quantitative estimate of drug-likeness (QED) is 0.0724. The van der Waals surface area contributed by atoms with Crippen LogP contribution in [0.25, 0.3) is 21.5 Å². The fourth-order valence-corrected chi connectivity index (χ4v) is 8.88. The number of aliphatic hydroxyl groups is 1. The number of amides is 4. The van der Waals surface area contributed by atoms with Gasteiger partial charge in [-0.1, -0.05) is 45.0 Å². The van der Waals surface area contributed by atoms with Crippen LogP contribution in [-0.4, -0.2) is 156 Å². The van der Waals surface area contributed by atoms with Gasteiger partial charge in [-0.05, 0) is 68.5 Å². The minimum Gasteiger partial charge on any atom is -0.490 e. The van der Waals surface area contributed by atoms with Crippen LogP contribution in [0.5, 0.6) is 11.5 Å². The standard InChI is InChI=1S/C52H68N8O12S/c1-34-45(73-33-55-34)36-10-8-35(9-11-36)28-54-47(63)42-26-38(61)30-60(42)48(64)46(51(2,3)4)57-44(62)32-68-23-22-66-20-21-67-24-25-69-40-13-12-37(53-29-40)31-70-39-14-15-43-41(27-39)56-49(71-43)58-16-18-59(19-17-58)50(65)72-52(5,6)7/h8-15,27,29,33,38,42,46,61H,16-26,28,30-32H2,1-7H3,(H,54,63)(H,57,62)/t38-,42+,46?/m1/s1. The average molecular weight is 1030 g/mol. The van der Waals surface area contributed by atoms with E-state index in [1.54, 1.807) is 22.4 Å². The number of benzene rings is 2. The molecule has 3 N–H and O–H groups in total. The van der Waals surface area contributed by atoms with Crippen molar-refractivity contribution >= 4 is 52.3 Å². The number of anilines is 1. The molecule has 2 fully saturated rings. The Balaban J connectivity index is 0.729. The van der Waals surface area contributed by atoms with Crippen LogP contribution in [0.4, 0.5) is 10.8 Å². The number of pyridine rings is 1. The van der Waals surface area contributed by atoms with Crippen molar-refractivity contribution in [3.05, 3.63) is 83.3 Å². The van der Waals surface area contributed by atoms with Crippen molar-refractivity contribution in [2.24, 2.45) is 5.41 Å². The number of β-amino-alcohol motifs (C(OH)–C–C–N with tert-alkyl or cyclic N) is 1. The highest BCUT2D eigenvalue weighted by molar-refractivity contribution is 7.13. The van der Waals surface area contributed by atoms with Gasteiger partial charge in [-0.15, -0.1) is 11.3 Å². The molecule has 1 unspecified atom stereocenters. The Bertz CT molecular complexity index is 2600. The summed E-state index contributed by atoms with van der Waals surface area (Å²) in [7, 11) is 0. The molecule has 0 bridgehead atoms. The van der Waals surface area contributed by atoms with Crippen LogP contribution in [-0.2, 0) is 46.5 Å². The molecule has 7 rings (SSSR count). The molecule has 5 aromatic rings. The molecule has 5 heterocycles. The zero-order chi connectivity index (χ0) is 52.1. The summed E-state index contributed by atoms with van der Waals surface area (Å²) in [4.78, 5) is 72.4. The highest BCUT2D eigenvalue weighted by Gasteiger charge is 2.44. The van der Waals surface area contributed by atoms with Crippen molar-refractivity contribution in [2.75, 3.05) is 83.9 Å². The van der Waals surface area contributed by atoms with E-state index >= 15 is 0 Å². The van der Waals surface area contributed by atoms with Gasteiger partial charge < -0.3 is 63.3 Å². The normalized spacial score (nSPS) is 16.6. The Labute approximate surface area is 429 Å². The molecule has 0 saturated carbocycles. The van der Waals surface area contributed by atoms with Gasteiger partial charge in [0.25, 0.3) is 6.01 Å². The van der Waals surface area contributed by atoms with Crippen LogP contribution >= 0.6 is 11.3 Å². The first-order valence-corrected chi connectivity index (χ1v) is 25.4. The number of carbonyl (C=O) groups is 4. The molecule has 73 heavy (non-hydrogen) atoms. The summed E-state index contributed by atoms with van der Waals surface area (Å²) in [5, 5.41) is 16.3. The second-order valence-corrected chi connectivity index (χ2v) is 20.8. The van der Waals surface area contributed by atoms with Gasteiger partial charge in [0.1, 0.15) is 54.5 Å². The van der Waals surface area contributed by atoms with E-state index in [0.717, 1.165) is 21.7 Å². The molecule has 3 atom stereocenters. The van der Waals surface area contributed by atoms with E-state index < -0.39 is 41.0 Å². The first kappa shape index (κ1) is 54.4. The minimum atomic E-state index is -0.973. The maximum absolute atomic E-state index is 13.9. The lowest BCUT2D eigenvalue weighted by Crippen LogP contribution is -2.58. The highest BCUT2D eigenvalue weighted by Crippen LogP contribution is 2.30. The van der Waals surface area contributed by atoms with E-state index in [-0.39, 0.29) is 57.9 Å². The van der Waals surface area contributed by atoms with Crippen LogP contribution in [0, 0.1) is 12.3 Å². The number of thiazole rings is 1. The number of oxazole rings is 1. The van der Waals surface area contributed by atoms with Crippen molar-refractivity contribution in [1.82, 2.24) is 35.4 Å². The molecule has 0 radical (unpaired) electrons.